The number of rotatable bonds is 3. The lowest BCUT2D eigenvalue weighted by molar-refractivity contribution is 0.0715. The molecule has 1 aromatic carbocycles. The molecule has 2 aliphatic heterocycles. The van der Waals surface area contributed by atoms with Gasteiger partial charge >= 0.3 is 6.09 Å². The zero-order valence-corrected chi connectivity index (χ0v) is 12.3. The second kappa shape index (κ2) is 6.20. The van der Waals surface area contributed by atoms with Crippen molar-refractivity contribution in [3.8, 4) is 0 Å². The number of hydrogen-bond donors (Lipinski definition) is 0. The molecule has 0 aromatic heterocycles. The number of carbonyl (C=O) groups excluding carboxylic acids is 1. The monoisotopic (exact) mass is 287 g/mol. The van der Waals surface area contributed by atoms with Crippen LogP contribution in [0.3, 0.4) is 0 Å². The maximum Gasteiger partial charge on any atom is 0.410 e. The van der Waals surface area contributed by atoms with Gasteiger partial charge in [0.1, 0.15) is 6.61 Å². The summed E-state index contributed by atoms with van der Waals surface area (Å²) in [6.07, 6.45) is 5.59. The molecule has 0 spiro atoms. The standard InChI is InChI=1S/C17H21NO3/c1-20-11-14-9-15-7-8-16(10-14)18(15)17(19)21-12-13-5-3-2-4-6-13/h2-6,11,15-16H,7-10,12H2,1H3/t15-,16+. The Morgan fingerprint density at radius 3 is 2.52 bits per heavy atom. The Bertz CT molecular complexity index is 510. The average Bonchev–Trinajstić information content (AvgIpc) is 2.78. The molecule has 112 valence electrons. The zero-order chi connectivity index (χ0) is 14.7. The van der Waals surface area contributed by atoms with Gasteiger partial charge in [-0.25, -0.2) is 4.79 Å². The summed E-state index contributed by atoms with van der Waals surface area (Å²) >= 11 is 0. The van der Waals surface area contributed by atoms with E-state index in [1.807, 2.05) is 41.5 Å². The van der Waals surface area contributed by atoms with Crippen molar-refractivity contribution in [2.45, 2.75) is 44.4 Å². The molecule has 2 fully saturated rings. The maximum absolute atomic E-state index is 12.3. The van der Waals surface area contributed by atoms with Gasteiger partial charge in [0.25, 0.3) is 0 Å². The van der Waals surface area contributed by atoms with E-state index in [0.29, 0.717) is 6.61 Å². The molecule has 2 heterocycles. The molecule has 0 N–H and O–H groups in total. The van der Waals surface area contributed by atoms with Crippen LogP contribution in [0.25, 0.3) is 0 Å². The number of piperidine rings is 1. The lowest BCUT2D eigenvalue weighted by atomic mass is 9.98. The summed E-state index contributed by atoms with van der Waals surface area (Å²) in [4.78, 5) is 14.3. The Morgan fingerprint density at radius 2 is 1.90 bits per heavy atom. The lowest BCUT2D eigenvalue weighted by Gasteiger charge is -2.35. The normalized spacial score (nSPS) is 26.0. The first-order chi connectivity index (χ1) is 10.3. The number of hydrogen-bond acceptors (Lipinski definition) is 3. The smallest absolute Gasteiger partial charge is 0.410 e. The summed E-state index contributed by atoms with van der Waals surface area (Å²) in [5.74, 6) is 0. The van der Waals surface area contributed by atoms with Crippen molar-refractivity contribution in [3.63, 3.8) is 0 Å². The fourth-order valence-electron chi connectivity index (χ4n) is 3.41. The maximum atomic E-state index is 12.3. The number of carbonyl (C=O) groups is 1. The van der Waals surface area contributed by atoms with Crippen molar-refractivity contribution < 1.29 is 14.3 Å². The highest BCUT2D eigenvalue weighted by Gasteiger charge is 2.42. The van der Waals surface area contributed by atoms with Crippen LogP contribution in [-0.2, 0) is 16.1 Å². The Kier molecular flexibility index (Phi) is 4.13. The second-order valence-corrected chi connectivity index (χ2v) is 5.75. The Balaban J connectivity index is 1.60. The summed E-state index contributed by atoms with van der Waals surface area (Å²) in [6.45, 7) is 0.344. The van der Waals surface area contributed by atoms with Crippen LogP contribution in [0.5, 0.6) is 0 Å². The average molecular weight is 287 g/mol. The first kappa shape index (κ1) is 14.0. The first-order valence-corrected chi connectivity index (χ1v) is 7.47. The molecule has 2 saturated heterocycles. The highest BCUT2D eigenvalue weighted by atomic mass is 16.6. The van der Waals surface area contributed by atoms with Crippen LogP contribution >= 0.6 is 0 Å². The minimum absolute atomic E-state index is 0.178. The highest BCUT2D eigenvalue weighted by molar-refractivity contribution is 5.69. The molecule has 1 amide bonds. The quantitative estimate of drug-likeness (QED) is 0.799. The summed E-state index contributed by atoms with van der Waals surface area (Å²) in [6, 6.07) is 10.3. The van der Waals surface area contributed by atoms with Gasteiger partial charge in [0.15, 0.2) is 0 Å². The molecule has 3 rings (SSSR count). The number of benzene rings is 1. The molecule has 0 radical (unpaired) electrons. The molecule has 1 aromatic rings. The van der Waals surface area contributed by atoms with Crippen LogP contribution < -0.4 is 0 Å². The van der Waals surface area contributed by atoms with E-state index >= 15 is 0 Å². The van der Waals surface area contributed by atoms with Gasteiger partial charge < -0.3 is 14.4 Å². The van der Waals surface area contributed by atoms with Gasteiger partial charge in [0, 0.05) is 12.1 Å². The van der Waals surface area contributed by atoms with Gasteiger partial charge in [0.05, 0.1) is 13.4 Å². The molecule has 4 heteroatoms. The molecule has 2 bridgehead atoms. The summed E-state index contributed by atoms with van der Waals surface area (Å²) in [7, 11) is 1.68. The van der Waals surface area contributed by atoms with Crippen LogP contribution in [0.2, 0.25) is 0 Å². The van der Waals surface area contributed by atoms with E-state index in [2.05, 4.69) is 0 Å². The van der Waals surface area contributed by atoms with Crippen LogP contribution in [0.4, 0.5) is 4.79 Å². The fraction of sp³-hybridized carbons (Fsp3) is 0.471. The van der Waals surface area contributed by atoms with Crippen LogP contribution in [0, 0.1) is 0 Å². The van der Waals surface area contributed by atoms with E-state index in [1.54, 1.807) is 7.11 Å². The van der Waals surface area contributed by atoms with Gasteiger partial charge in [-0.15, -0.1) is 0 Å². The third kappa shape index (κ3) is 3.04. The lowest BCUT2D eigenvalue weighted by Crippen LogP contribution is -2.44. The van der Waals surface area contributed by atoms with Crippen molar-refractivity contribution >= 4 is 6.09 Å². The van der Waals surface area contributed by atoms with Crippen LogP contribution in [0.15, 0.2) is 42.2 Å². The first-order valence-electron chi connectivity index (χ1n) is 7.47. The SMILES string of the molecule is COC=C1C[C@H]2CC[C@@H](C1)N2C(=O)OCc1ccccc1. The topological polar surface area (TPSA) is 38.8 Å². The Morgan fingerprint density at radius 1 is 1.24 bits per heavy atom. The second-order valence-electron chi connectivity index (χ2n) is 5.75. The molecule has 4 nitrogen and oxygen atoms in total. The molecule has 0 unspecified atom stereocenters. The number of ether oxygens (including phenoxy) is 2. The van der Waals surface area contributed by atoms with Crippen molar-refractivity contribution in [2.75, 3.05) is 7.11 Å². The molecule has 2 atom stereocenters. The number of amides is 1. The molecule has 0 aliphatic carbocycles. The molecule has 2 aliphatic rings. The fourth-order valence-corrected chi connectivity index (χ4v) is 3.41. The number of nitrogens with zero attached hydrogens (tertiary/aromatic N) is 1. The van der Waals surface area contributed by atoms with E-state index in [9.17, 15) is 4.79 Å². The minimum atomic E-state index is -0.178. The molecule has 21 heavy (non-hydrogen) atoms. The van der Waals surface area contributed by atoms with E-state index in [-0.39, 0.29) is 18.2 Å². The number of methoxy groups -OCH3 is 1. The zero-order valence-electron chi connectivity index (χ0n) is 12.3. The van der Waals surface area contributed by atoms with E-state index < -0.39 is 0 Å². The molecule has 0 saturated carbocycles. The summed E-state index contributed by atoms with van der Waals surface area (Å²) < 4.78 is 10.6. The Labute approximate surface area is 125 Å². The van der Waals surface area contributed by atoms with Crippen LogP contribution in [-0.4, -0.2) is 30.2 Å². The van der Waals surface area contributed by atoms with Crippen molar-refractivity contribution in [2.24, 2.45) is 0 Å². The molecular weight excluding hydrogens is 266 g/mol. The van der Waals surface area contributed by atoms with Gasteiger partial charge in [0.2, 0.25) is 0 Å². The van der Waals surface area contributed by atoms with Gasteiger partial charge in [-0.2, -0.15) is 0 Å². The predicted molar refractivity (Wildman–Crippen MR) is 79.6 cm³/mol. The Hall–Kier alpha value is -1.97. The van der Waals surface area contributed by atoms with E-state index in [0.717, 1.165) is 31.2 Å². The highest BCUT2D eigenvalue weighted by Crippen LogP contribution is 2.38. The summed E-state index contributed by atoms with van der Waals surface area (Å²) in [5.41, 5.74) is 2.33. The minimum Gasteiger partial charge on any atom is -0.504 e. The predicted octanol–water partition coefficient (Wildman–Crippen LogP) is 3.48. The van der Waals surface area contributed by atoms with E-state index in [1.165, 1.54) is 5.57 Å². The largest absolute Gasteiger partial charge is 0.504 e. The third-order valence-corrected chi connectivity index (χ3v) is 4.32. The van der Waals surface area contributed by atoms with Gasteiger partial charge in [-0.3, -0.25) is 0 Å². The summed E-state index contributed by atoms with van der Waals surface area (Å²) in [5, 5.41) is 0. The number of fused-ring (bicyclic) bond motifs is 2. The van der Waals surface area contributed by atoms with Crippen LogP contribution in [0.1, 0.15) is 31.2 Å². The van der Waals surface area contributed by atoms with Crippen molar-refractivity contribution in [3.05, 3.63) is 47.7 Å². The van der Waals surface area contributed by atoms with Gasteiger partial charge in [-0.1, -0.05) is 30.3 Å². The van der Waals surface area contributed by atoms with Crippen molar-refractivity contribution in [1.29, 1.82) is 0 Å². The van der Waals surface area contributed by atoms with Gasteiger partial charge in [-0.05, 0) is 36.8 Å². The molecular formula is C17H21NO3. The van der Waals surface area contributed by atoms with E-state index in [4.69, 9.17) is 9.47 Å². The third-order valence-electron chi connectivity index (χ3n) is 4.32. The van der Waals surface area contributed by atoms with Crippen molar-refractivity contribution in [1.82, 2.24) is 4.90 Å².